The molecule has 9 heavy (non-hydrogen) atoms. The maximum absolute atomic E-state index is 8.29. The molecule has 1 N–H and O–H groups in total. The second kappa shape index (κ2) is 1.87. The molecule has 1 saturated carbocycles. The highest BCUT2D eigenvalue weighted by Crippen LogP contribution is 2.41. The van der Waals surface area contributed by atoms with Crippen molar-refractivity contribution >= 4 is 17.3 Å². The normalized spacial score (nSPS) is 36.3. The van der Waals surface area contributed by atoms with Gasteiger partial charge in [0.2, 0.25) is 0 Å². The third-order valence-corrected chi connectivity index (χ3v) is 2.59. The summed E-state index contributed by atoms with van der Waals surface area (Å²) in [5.74, 6) is 0. The van der Waals surface area contributed by atoms with Crippen LogP contribution in [0.4, 0.5) is 0 Å². The zero-order valence-corrected chi connectivity index (χ0v) is 6.31. The molecule has 1 aliphatic carbocycles. The maximum atomic E-state index is 8.29. The van der Waals surface area contributed by atoms with E-state index in [1.54, 1.807) is 0 Å². The summed E-state index contributed by atoms with van der Waals surface area (Å²) < 4.78 is 0. The molecule has 0 aromatic heterocycles. The van der Waals surface area contributed by atoms with Gasteiger partial charge in [0.15, 0.2) is 0 Å². The summed E-state index contributed by atoms with van der Waals surface area (Å²) >= 11 is 5.82. The topological polar surface area (TPSA) is 32.6 Å². The fraction of sp³-hybridized carbons (Fsp3) is 0.833. The number of halogens is 1. The van der Waals surface area contributed by atoms with Crippen LogP contribution in [0.1, 0.15) is 20.3 Å². The van der Waals surface area contributed by atoms with Crippen LogP contribution in [-0.4, -0.2) is 16.3 Å². The Labute approximate surface area is 59.5 Å². The van der Waals surface area contributed by atoms with E-state index in [1.807, 2.05) is 0 Å². The Morgan fingerprint density at radius 1 is 1.78 bits per heavy atom. The lowest BCUT2D eigenvalue weighted by Gasteiger charge is -2.40. The largest absolute Gasteiger partial charge is 0.411 e. The molecule has 0 aromatic rings. The summed E-state index contributed by atoms with van der Waals surface area (Å²) in [5.41, 5.74) is 0.838. The first-order valence-electron chi connectivity index (χ1n) is 2.93. The van der Waals surface area contributed by atoms with Crippen molar-refractivity contribution < 1.29 is 5.21 Å². The Morgan fingerprint density at radius 3 is 2.44 bits per heavy atom. The third kappa shape index (κ3) is 0.917. The van der Waals surface area contributed by atoms with Gasteiger partial charge in [-0.15, -0.1) is 11.6 Å². The maximum Gasteiger partial charge on any atom is 0.0806 e. The highest BCUT2D eigenvalue weighted by molar-refractivity contribution is 6.35. The summed E-state index contributed by atoms with van der Waals surface area (Å²) in [6.45, 7) is 4.11. The van der Waals surface area contributed by atoms with Crippen molar-refractivity contribution in [1.29, 1.82) is 0 Å². The Kier molecular flexibility index (Phi) is 1.43. The number of nitrogens with zero attached hydrogens (tertiary/aromatic N) is 1. The van der Waals surface area contributed by atoms with Crippen LogP contribution in [0.25, 0.3) is 0 Å². The molecule has 0 radical (unpaired) electrons. The van der Waals surface area contributed by atoms with Gasteiger partial charge in [-0.2, -0.15) is 0 Å². The summed E-state index contributed by atoms with van der Waals surface area (Å²) in [7, 11) is 0. The van der Waals surface area contributed by atoms with E-state index in [1.165, 1.54) is 0 Å². The standard InChI is InChI=1S/C6H10ClNO/c1-6(2)3-4(8-9)5(6)7/h5,9H,3H2,1-2H3/b8-4+. The van der Waals surface area contributed by atoms with E-state index in [9.17, 15) is 0 Å². The van der Waals surface area contributed by atoms with E-state index < -0.39 is 0 Å². The molecular formula is C6H10ClNO. The molecule has 0 bridgehead atoms. The quantitative estimate of drug-likeness (QED) is 0.317. The van der Waals surface area contributed by atoms with Gasteiger partial charge in [0.25, 0.3) is 0 Å². The van der Waals surface area contributed by atoms with Crippen LogP contribution in [0.5, 0.6) is 0 Å². The van der Waals surface area contributed by atoms with Crippen LogP contribution in [-0.2, 0) is 0 Å². The van der Waals surface area contributed by atoms with Gasteiger partial charge in [-0.1, -0.05) is 19.0 Å². The molecular weight excluding hydrogens is 138 g/mol. The molecule has 1 rings (SSSR count). The fourth-order valence-electron chi connectivity index (χ4n) is 1.05. The summed E-state index contributed by atoms with van der Waals surface area (Å²) in [6, 6.07) is 0. The van der Waals surface area contributed by atoms with Gasteiger partial charge in [-0.25, -0.2) is 0 Å². The first-order valence-corrected chi connectivity index (χ1v) is 3.36. The van der Waals surface area contributed by atoms with Crippen LogP contribution in [0, 0.1) is 5.41 Å². The van der Waals surface area contributed by atoms with E-state index in [-0.39, 0.29) is 10.8 Å². The van der Waals surface area contributed by atoms with Crippen molar-refractivity contribution in [2.75, 3.05) is 0 Å². The minimum Gasteiger partial charge on any atom is -0.411 e. The van der Waals surface area contributed by atoms with Crippen molar-refractivity contribution in [3.05, 3.63) is 0 Å². The lowest BCUT2D eigenvalue weighted by Crippen LogP contribution is -2.45. The molecule has 2 nitrogen and oxygen atoms in total. The summed E-state index contributed by atoms with van der Waals surface area (Å²) in [4.78, 5) is 0. The monoisotopic (exact) mass is 147 g/mol. The van der Waals surface area contributed by atoms with Crippen molar-refractivity contribution in [2.45, 2.75) is 25.6 Å². The van der Waals surface area contributed by atoms with Crippen molar-refractivity contribution in [3.8, 4) is 0 Å². The van der Waals surface area contributed by atoms with E-state index >= 15 is 0 Å². The average Bonchev–Trinajstić information content (AvgIpc) is 1.82. The fourth-order valence-corrected chi connectivity index (χ4v) is 1.25. The lowest BCUT2D eigenvalue weighted by molar-refractivity contribution is 0.282. The lowest BCUT2D eigenvalue weighted by atomic mass is 9.70. The molecule has 1 unspecified atom stereocenters. The van der Waals surface area contributed by atoms with Crippen LogP contribution >= 0.6 is 11.6 Å². The first-order chi connectivity index (χ1) is 4.08. The first kappa shape index (κ1) is 6.87. The number of hydrogen-bond acceptors (Lipinski definition) is 2. The zero-order chi connectivity index (χ0) is 7.07. The highest BCUT2D eigenvalue weighted by atomic mass is 35.5. The van der Waals surface area contributed by atoms with Crippen LogP contribution in [0.2, 0.25) is 0 Å². The Hall–Kier alpha value is -0.240. The van der Waals surface area contributed by atoms with Crippen molar-refractivity contribution in [3.63, 3.8) is 0 Å². The van der Waals surface area contributed by atoms with Crippen molar-refractivity contribution in [2.24, 2.45) is 10.6 Å². The predicted molar refractivity (Wildman–Crippen MR) is 37.3 cm³/mol. The van der Waals surface area contributed by atoms with Crippen LogP contribution in [0.3, 0.4) is 0 Å². The van der Waals surface area contributed by atoms with E-state index in [2.05, 4.69) is 19.0 Å². The zero-order valence-electron chi connectivity index (χ0n) is 5.56. The highest BCUT2D eigenvalue weighted by Gasteiger charge is 2.43. The molecule has 0 saturated heterocycles. The van der Waals surface area contributed by atoms with Gasteiger partial charge in [-0.05, 0) is 11.8 Å². The molecule has 0 amide bonds. The molecule has 0 heterocycles. The van der Waals surface area contributed by atoms with Gasteiger partial charge >= 0.3 is 0 Å². The van der Waals surface area contributed by atoms with E-state index in [4.69, 9.17) is 16.8 Å². The Balaban J connectivity index is 2.62. The summed E-state index contributed by atoms with van der Waals surface area (Å²) in [6.07, 6.45) is 0.817. The molecule has 3 heteroatoms. The Bertz CT molecular complexity index is 153. The third-order valence-electron chi connectivity index (χ3n) is 1.74. The smallest absolute Gasteiger partial charge is 0.0806 e. The average molecular weight is 148 g/mol. The van der Waals surface area contributed by atoms with E-state index in [0.29, 0.717) is 5.71 Å². The number of rotatable bonds is 0. The van der Waals surface area contributed by atoms with Gasteiger partial charge in [0.05, 0.1) is 11.1 Å². The number of alkyl halides is 1. The van der Waals surface area contributed by atoms with E-state index in [0.717, 1.165) is 6.42 Å². The summed E-state index contributed by atoms with van der Waals surface area (Å²) in [5, 5.41) is 11.3. The Morgan fingerprint density at radius 2 is 2.33 bits per heavy atom. The van der Waals surface area contributed by atoms with Gasteiger partial charge < -0.3 is 5.21 Å². The predicted octanol–water partition coefficient (Wildman–Crippen LogP) is 1.85. The minimum atomic E-state index is -0.0671. The van der Waals surface area contributed by atoms with Crippen LogP contribution in [0.15, 0.2) is 5.16 Å². The van der Waals surface area contributed by atoms with Gasteiger partial charge in [-0.3, -0.25) is 0 Å². The molecule has 0 aromatic carbocycles. The van der Waals surface area contributed by atoms with Gasteiger partial charge in [0.1, 0.15) is 0 Å². The number of oxime groups is 1. The second-order valence-electron chi connectivity index (χ2n) is 3.12. The van der Waals surface area contributed by atoms with Gasteiger partial charge in [0, 0.05) is 0 Å². The molecule has 52 valence electrons. The SMILES string of the molecule is CC1(C)C/C(=N\O)C1Cl. The number of hydrogen-bond donors (Lipinski definition) is 1. The molecule has 1 aliphatic rings. The molecule has 1 atom stereocenters. The van der Waals surface area contributed by atoms with Crippen molar-refractivity contribution in [1.82, 2.24) is 0 Å². The van der Waals surface area contributed by atoms with Crippen LogP contribution < -0.4 is 0 Å². The minimum absolute atomic E-state index is 0.0671. The second-order valence-corrected chi connectivity index (χ2v) is 3.56. The molecule has 1 fully saturated rings. The molecule has 0 aliphatic heterocycles. The molecule has 0 spiro atoms.